The van der Waals surface area contributed by atoms with Crippen molar-refractivity contribution < 1.29 is 14.3 Å². The van der Waals surface area contributed by atoms with Crippen molar-refractivity contribution in [1.29, 1.82) is 0 Å². The van der Waals surface area contributed by atoms with E-state index in [1.807, 2.05) is 39.8 Å². The molecule has 0 radical (unpaired) electrons. The third-order valence-electron chi connectivity index (χ3n) is 4.13. The van der Waals surface area contributed by atoms with Crippen molar-refractivity contribution in [2.45, 2.75) is 47.1 Å². The number of nitrogens with one attached hydrogen (secondary N) is 1. The Labute approximate surface area is 166 Å². The summed E-state index contributed by atoms with van der Waals surface area (Å²) in [4.78, 5) is 25.4. The van der Waals surface area contributed by atoms with Gasteiger partial charge >= 0.3 is 0 Å². The molecule has 2 aromatic rings. The molecule has 1 aromatic heterocycles. The van der Waals surface area contributed by atoms with Crippen LogP contribution in [-0.4, -0.2) is 17.9 Å². The number of halogens is 1. The molecule has 1 aromatic carbocycles. The molecule has 0 aliphatic rings. The zero-order valence-electron chi connectivity index (χ0n) is 15.5. The maximum Gasteiger partial charge on any atom is 0.265 e. The van der Waals surface area contributed by atoms with E-state index in [-0.39, 0.29) is 5.91 Å². The molecule has 2 rings (SSSR count). The van der Waals surface area contributed by atoms with Crippen molar-refractivity contribution in [2.75, 3.05) is 5.32 Å². The van der Waals surface area contributed by atoms with E-state index in [0.717, 1.165) is 26.0 Å². The van der Waals surface area contributed by atoms with Gasteiger partial charge in [-0.1, -0.05) is 22.9 Å². The predicted molar refractivity (Wildman–Crippen MR) is 109 cm³/mol. The first-order chi connectivity index (χ1) is 12.1. The largest absolute Gasteiger partial charge is 0.480 e. The number of benzene rings is 1. The number of anilines is 1. The molecule has 5 nitrogen and oxygen atoms in total. The first kappa shape index (κ1) is 20.5. The second-order valence-electron chi connectivity index (χ2n) is 6.18. The van der Waals surface area contributed by atoms with Crippen LogP contribution < -0.4 is 15.8 Å². The molecule has 0 saturated heterocycles. The zero-order chi connectivity index (χ0) is 19.6. The van der Waals surface area contributed by atoms with Gasteiger partial charge in [0.05, 0.1) is 5.56 Å². The lowest BCUT2D eigenvalue weighted by Gasteiger charge is -2.18. The molecule has 1 unspecified atom stereocenters. The van der Waals surface area contributed by atoms with Crippen LogP contribution in [0.4, 0.5) is 5.00 Å². The van der Waals surface area contributed by atoms with Gasteiger partial charge in [0.2, 0.25) is 0 Å². The van der Waals surface area contributed by atoms with E-state index in [1.165, 1.54) is 11.3 Å². The van der Waals surface area contributed by atoms with Crippen molar-refractivity contribution in [2.24, 2.45) is 5.73 Å². The molecule has 7 heteroatoms. The van der Waals surface area contributed by atoms with Crippen LogP contribution in [0.3, 0.4) is 0 Å². The van der Waals surface area contributed by atoms with E-state index >= 15 is 0 Å². The Morgan fingerprint density at radius 3 is 2.35 bits per heavy atom. The van der Waals surface area contributed by atoms with Crippen LogP contribution in [0.25, 0.3) is 0 Å². The average Bonchev–Trinajstić information content (AvgIpc) is 2.85. The molecule has 0 bridgehead atoms. The van der Waals surface area contributed by atoms with Crippen LogP contribution in [0.15, 0.2) is 16.6 Å². The second-order valence-corrected chi connectivity index (χ2v) is 8.32. The van der Waals surface area contributed by atoms with Crippen LogP contribution >= 0.6 is 27.3 Å². The summed E-state index contributed by atoms with van der Waals surface area (Å²) >= 11 is 4.81. The molecule has 0 aliphatic heterocycles. The quantitative estimate of drug-likeness (QED) is 0.695. The van der Waals surface area contributed by atoms with Gasteiger partial charge in [-0.05, 0) is 62.9 Å². The predicted octanol–water partition coefficient (Wildman–Crippen LogP) is 4.50. The molecule has 140 valence electrons. The highest BCUT2D eigenvalue weighted by Crippen LogP contribution is 2.33. The molecule has 0 saturated carbocycles. The molecule has 1 heterocycles. The van der Waals surface area contributed by atoms with E-state index < -0.39 is 12.0 Å². The first-order valence-electron chi connectivity index (χ1n) is 8.32. The monoisotopic (exact) mass is 438 g/mol. The van der Waals surface area contributed by atoms with Gasteiger partial charge in [0.25, 0.3) is 11.8 Å². The Hall–Kier alpha value is -1.86. The number of carbonyl (C=O) groups excluding carboxylic acids is 2. The first-order valence-corrected chi connectivity index (χ1v) is 9.92. The van der Waals surface area contributed by atoms with Crippen molar-refractivity contribution >= 4 is 44.1 Å². The Kier molecular flexibility index (Phi) is 6.47. The van der Waals surface area contributed by atoms with Gasteiger partial charge in [0.15, 0.2) is 6.10 Å². The third-order valence-corrected chi connectivity index (χ3v) is 5.66. The van der Waals surface area contributed by atoms with Crippen molar-refractivity contribution in [1.82, 2.24) is 0 Å². The Bertz CT molecular complexity index is 838. The minimum Gasteiger partial charge on any atom is -0.480 e. The Morgan fingerprint density at radius 2 is 1.85 bits per heavy atom. The topological polar surface area (TPSA) is 81.4 Å². The lowest BCUT2D eigenvalue weighted by molar-refractivity contribution is -0.122. The fourth-order valence-electron chi connectivity index (χ4n) is 2.88. The highest BCUT2D eigenvalue weighted by atomic mass is 79.9. The molecule has 0 spiro atoms. The number of thiophene rings is 1. The van der Waals surface area contributed by atoms with Crippen molar-refractivity contribution in [3.8, 4) is 5.75 Å². The lowest BCUT2D eigenvalue weighted by Crippen LogP contribution is -2.31. The van der Waals surface area contributed by atoms with Crippen LogP contribution in [0.2, 0.25) is 0 Å². The summed E-state index contributed by atoms with van der Waals surface area (Å²) in [5.74, 6) is -0.171. The third kappa shape index (κ3) is 4.27. The molecule has 1 atom stereocenters. The van der Waals surface area contributed by atoms with E-state index in [4.69, 9.17) is 10.5 Å². The SMILES string of the molecule is CCc1c(C)sc(NC(=O)C(C)Oc2c(C)cc(Br)cc2C)c1C(N)=O. The van der Waals surface area contributed by atoms with E-state index in [0.29, 0.717) is 22.7 Å². The highest BCUT2D eigenvalue weighted by Gasteiger charge is 2.23. The van der Waals surface area contributed by atoms with Gasteiger partial charge in [0, 0.05) is 9.35 Å². The number of amides is 2. The fraction of sp³-hybridized carbons (Fsp3) is 0.368. The number of nitrogens with two attached hydrogens (primary N) is 1. The summed E-state index contributed by atoms with van der Waals surface area (Å²) in [6.45, 7) is 9.41. The number of hydrogen-bond donors (Lipinski definition) is 2. The number of ether oxygens (including phenoxy) is 1. The number of aryl methyl sites for hydroxylation is 3. The summed E-state index contributed by atoms with van der Waals surface area (Å²) in [5, 5.41) is 3.29. The van der Waals surface area contributed by atoms with Crippen LogP contribution in [0.1, 0.15) is 45.8 Å². The van der Waals surface area contributed by atoms with E-state index in [2.05, 4.69) is 21.2 Å². The standard InChI is InChI=1S/C19H23BrN2O3S/c1-6-14-12(5)26-19(15(14)17(21)23)22-18(24)11(4)25-16-9(2)7-13(20)8-10(16)3/h7-8,11H,6H2,1-5H3,(H2,21,23)(H,22,24). The van der Waals surface area contributed by atoms with Gasteiger partial charge in [-0.2, -0.15) is 0 Å². The summed E-state index contributed by atoms with van der Waals surface area (Å²) in [5.41, 5.74) is 8.67. The van der Waals surface area contributed by atoms with Crippen LogP contribution in [-0.2, 0) is 11.2 Å². The lowest BCUT2D eigenvalue weighted by atomic mass is 10.1. The zero-order valence-corrected chi connectivity index (χ0v) is 17.9. The van der Waals surface area contributed by atoms with E-state index in [9.17, 15) is 9.59 Å². The summed E-state index contributed by atoms with van der Waals surface area (Å²) in [7, 11) is 0. The smallest absolute Gasteiger partial charge is 0.265 e. The molecule has 26 heavy (non-hydrogen) atoms. The summed E-state index contributed by atoms with van der Waals surface area (Å²) < 4.78 is 6.85. The van der Waals surface area contributed by atoms with E-state index in [1.54, 1.807) is 6.92 Å². The average molecular weight is 439 g/mol. The van der Waals surface area contributed by atoms with Crippen molar-refractivity contribution in [3.05, 3.63) is 43.7 Å². The summed E-state index contributed by atoms with van der Waals surface area (Å²) in [6, 6.07) is 3.88. The highest BCUT2D eigenvalue weighted by molar-refractivity contribution is 9.10. The molecule has 3 N–H and O–H groups in total. The molecule has 0 fully saturated rings. The number of rotatable bonds is 6. The Morgan fingerprint density at radius 1 is 1.27 bits per heavy atom. The molecule has 0 aliphatic carbocycles. The van der Waals surface area contributed by atoms with Gasteiger partial charge in [0.1, 0.15) is 10.8 Å². The number of primary amides is 1. The van der Waals surface area contributed by atoms with Crippen molar-refractivity contribution in [3.63, 3.8) is 0 Å². The maximum atomic E-state index is 12.6. The molecular weight excluding hydrogens is 416 g/mol. The maximum absolute atomic E-state index is 12.6. The summed E-state index contributed by atoms with van der Waals surface area (Å²) in [6.07, 6.45) is -0.0402. The fourth-order valence-corrected chi connectivity index (χ4v) is 4.72. The molecule has 2 amide bonds. The second kappa shape index (κ2) is 8.22. The van der Waals surface area contributed by atoms with Crippen LogP contribution in [0, 0.1) is 20.8 Å². The van der Waals surface area contributed by atoms with Gasteiger partial charge in [-0.15, -0.1) is 11.3 Å². The number of hydrogen-bond acceptors (Lipinski definition) is 4. The number of carbonyl (C=O) groups is 2. The Balaban J connectivity index is 2.22. The van der Waals surface area contributed by atoms with Crippen LogP contribution in [0.5, 0.6) is 5.75 Å². The minimum atomic E-state index is -0.721. The van der Waals surface area contributed by atoms with Gasteiger partial charge < -0.3 is 15.8 Å². The van der Waals surface area contributed by atoms with Gasteiger partial charge in [-0.25, -0.2) is 0 Å². The minimum absolute atomic E-state index is 0.321. The molecular formula is C19H23BrN2O3S. The van der Waals surface area contributed by atoms with Gasteiger partial charge in [-0.3, -0.25) is 9.59 Å². The normalized spacial score (nSPS) is 11.9.